The van der Waals surface area contributed by atoms with E-state index in [9.17, 15) is 13.2 Å². The van der Waals surface area contributed by atoms with Gasteiger partial charge in [-0.15, -0.1) is 0 Å². The molecule has 0 saturated carbocycles. The van der Waals surface area contributed by atoms with Crippen LogP contribution < -0.4 is 4.72 Å². The molecule has 0 aromatic heterocycles. The standard InChI is InChI=1S/C10H19N3O4S/c1-7(2)9(10(14)15)12-18(16,17)13(4)6-8(3)5-11/h7-9,12H,6H2,1-4H3,(H,14,15). The lowest BCUT2D eigenvalue weighted by molar-refractivity contribution is -0.140. The third-order valence-corrected chi connectivity index (χ3v) is 3.89. The lowest BCUT2D eigenvalue weighted by atomic mass is 10.1. The first-order valence-corrected chi connectivity index (χ1v) is 6.91. The third-order valence-electron chi connectivity index (χ3n) is 2.37. The van der Waals surface area contributed by atoms with Crippen LogP contribution in [0.1, 0.15) is 20.8 Å². The van der Waals surface area contributed by atoms with Crippen LogP contribution in [-0.4, -0.2) is 43.4 Å². The van der Waals surface area contributed by atoms with Crippen molar-refractivity contribution in [2.24, 2.45) is 11.8 Å². The molecule has 104 valence electrons. The van der Waals surface area contributed by atoms with Crippen molar-refractivity contribution in [1.29, 1.82) is 5.26 Å². The molecular weight excluding hydrogens is 258 g/mol. The third kappa shape index (κ3) is 5.00. The van der Waals surface area contributed by atoms with Crippen molar-refractivity contribution < 1.29 is 18.3 Å². The number of hydrogen-bond donors (Lipinski definition) is 2. The molecule has 7 nitrogen and oxygen atoms in total. The van der Waals surface area contributed by atoms with Gasteiger partial charge in [-0.25, -0.2) is 0 Å². The van der Waals surface area contributed by atoms with E-state index in [1.54, 1.807) is 20.8 Å². The van der Waals surface area contributed by atoms with Crippen LogP contribution >= 0.6 is 0 Å². The van der Waals surface area contributed by atoms with Gasteiger partial charge in [0.2, 0.25) is 0 Å². The van der Waals surface area contributed by atoms with E-state index in [0.29, 0.717) is 0 Å². The van der Waals surface area contributed by atoms with E-state index in [-0.39, 0.29) is 12.5 Å². The highest BCUT2D eigenvalue weighted by Gasteiger charge is 2.29. The highest BCUT2D eigenvalue weighted by atomic mass is 32.2. The Labute approximate surface area is 108 Å². The molecule has 8 heteroatoms. The molecule has 0 aliphatic heterocycles. The van der Waals surface area contributed by atoms with Gasteiger partial charge in [0.05, 0.1) is 12.0 Å². The van der Waals surface area contributed by atoms with Crippen molar-refractivity contribution in [2.45, 2.75) is 26.8 Å². The predicted octanol–water partition coefficient (Wildman–Crippen LogP) is 0.0215. The van der Waals surface area contributed by atoms with Crippen LogP contribution in [0.2, 0.25) is 0 Å². The Balaban J connectivity index is 4.84. The maximum Gasteiger partial charge on any atom is 0.322 e. The summed E-state index contributed by atoms with van der Waals surface area (Å²) in [7, 11) is -2.60. The summed E-state index contributed by atoms with van der Waals surface area (Å²) in [5.41, 5.74) is 0. The van der Waals surface area contributed by atoms with Gasteiger partial charge in [0.1, 0.15) is 6.04 Å². The van der Waals surface area contributed by atoms with Crippen LogP contribution in [0, 0.1) is 23.2 Å². The molecule has 0 aromatic rings. The molecule has 0 aliphatic carbocycles. The van der Waals surface area contributed by atoms with Crippen molar-refractivity contribution in [3.63, 3.8) is 0 Å². The van der Waals surface area contributed by atoms with Gasteiger partial charge < -0.3 is 5.11 Å². The van der Waals surface area contributed by atoms with Gasteiger partial charge >= 0.3 is 5.97 Å². The molecule has 0 amide bonds. The molecule has 0 fully saturated rings. The quantitative estimate of drug-likeness (QED) is 0.681. The fourth-order valence-corrected chi connectivity index (χ4v) is 2.54. The summed E-state index contributed by atoms with van der Waals surface area (Å²) in [6, 6.07) is 0.731. The summed E-state index contributed by atoms with van der Waals surface area (Å²) in [5.74, 6) is -2.07. The number of nitrogens with zero attached hydrogens (tertiary/aromatic N) is 2. The summed E-state index contributed by atoms with van der Waals surface area (Å²) in [4.78, 5) is 10.9. The minimum atomic E-state index is -3.90. The van der Waals surface area contributed by atoms with E-state index in [2.05, 4.69) is 4.72 Å². The zero-order valence-corrected chi connectivity index (χ0v) is 11.7. The smallest absolute Gasteiger partial charge is 0.322 e. The van der Waals surface area contributed by atoms with Crippen LogP contribution in [0.4, 0.5) is 0 Å². The zero-order chi connectivity index (χ0) is 14.5. The molecule has 0 rings (SSSR count). The van der Waals surface area contributed by atoms with E-state index in [1.165, 1.54) is 7.05 Å². The molecule has 0 aliphatic rings. The van der Waals surface area contributed by atoms with E-state index in [4.69, 9.17) is 10.4 Å². The van der Waals surface area contributed by atoms with Crippen LogP contribution in [0.15, 0.2) is 0 Å². The fourth-order valence-electron chi connectivity index (χ4n) is 1.25. The zero-order valence-electron chi connectivity index (χ0n) is 10.9. The summed E-state index contributed by atoms with van der Waals surface area (Å²) in [6.45, 7) is 4.82. The van der Waals surface area contributed by atoms with Crippen LogP contribution in [0.3, 0.4) is 0 Å². The second-order valence-electron chi connectivity index (χ2n) is 4.49. The monoisotopic (exact) mass is 277 g/mol. The van der Waals surface area contributed by atoms with Crippen molar-refractivity contribution >= 4 is 16.2 Å². The number of carboxylic acid groups (broad SMARTS) is 1. The van der Waals surface area contributed by atoms with Gasteiger partial charge in [0, 0.05) is 13.6 Å². The molecular formula is C10H19N3O4S. The number of carboxylic acids is 1. The molecule has 2 atom stereocenters. The minimum absolute atomic E-state index is 0.0102. The van der Waals surface area contributed by atoms with Gasteiger partial charge in [-0.1, -0.05) is 13.8 Å². The number of nitriles is 1. The van der Waals surface area contributed by atoms with E-state index >= 15 is 0 Å². The number of rotatable bonds is 7. The number of hydrogen-bond acceptors (Lipinski definition) is 4. The average Bonchev–Trinajstić information content (AvgIpc) is 2.24. The number of carbonyl (C=O) groups is 1. The van der Waals surface area contributed by atoms with E-state index < -0.39 is 28.1 Å². The molecule has 0 saturated heterocycles. The lowest BCUT2D eigenvalue weighted by Gasteiger charge is -2.23. The van der Waals surface area contributed by atoms with Gasteiger partial charge in [0.15, 0.2) is 0 Å². The first kappa shape index (κ1) is 16.8. The predicted molar refractivity (Wildman–Crippen MR) is 65.7 cm³/mol. The second-order valence-corrected chi connectivity index (χ2v) is 6.30. The fraction of sp³-hybridized carbons (Fsp3) is 0.800. The molecule has 0 radical (unpaired) electrons. The highest BCUT2D eigenvalue weighted by molar-refractivity contribution is 7.87. The van der Waals surface area contributed by atoms with Crippen molar-refractivity contribution in [2.75, 3.05) is 13.6 Å². The van der Waals surface area contributed by atoms with Gasteiger partial charge in [0.25, 0.3) is 10.2 Å². The van der Waals surface area contributed by atoms with Crippen LogP contribution in [0.25, 0.3) is 0 Å². The Morgan fingerprint density at radius 2 is 1.94 bits per heavy atom. The normalized spacial score (nSPS) is 15.4. The Morgan fingerprint density at radius 3 is 2.28 bits per heavy atom. The minimum Gasteiger partial charge on any atom is -0.480 e. The molecule has 2 unspecified atom stereocenters. The summed E-state index contributed by atoms with van der Waals surface area (Å²) < 4.78 is 26.7. The molecule has 0 spiro atoms. The summed E-state index contributed by atoms with van der Waals surface area (Å²) >= 11 is 0. The van der Waals surface area contributed by atoms with Gasteiger partial charge in [-0.2, -0.15) is 22.7 Å². The maximum atomic E-state index is 11.8. The summed E-state index contributed by atoms with van der Waals surface area (Å²) in [5, 5.41) is 17.5. The van der Waals surface area contributed by atoms with Crippen molar-refractivity contribution in [3.05, 3.63) is 0 Å². The first-order chi connectivity index (χ1) is 8.11. The Hall–Kier alpha value is -1.17. The average molecular weight is 277 g/mol. The highest BCUT2D eigenvalue weighted by Crippen LogP contribution is 2.07. The largest absolute Gasteiger partial charge is 0.480 e. The molecule has 0 aromatic carbocycles. The van der Waals surface area contributed by atoms with Gasteiger partial charge in [-0.3, -0.25) is 4.79 Å². The SMILES string of the molecule is CC(C#N)CN(C)S(=O)(=O)NC(C(=O)O)C(C)C. The lowest BCUT2D eigenvalue weighted by Crippen LogP contribution is -2.50. The van der Waals surface area contributed by atoms with Crippen molar-refractivity contribution in [3.8, 4) is 6.07 Å². The topological polar surface area (TPSA) is 111 Å². The van der Waals surface area contributed by atoms with E-state index in [1.807, 2.05) is 6.07 Å². The van der Waals surface area contributed by atoms with E-state index in [0.717, 1.165) is 4.31 Å². The van der Waals surface area contributed by atoms with Crippen LogP contribution in [0.5, 0.6) is 0 Å². The molecule has 2 N–H and O–H groups in total. The first-order valence-electron chi connectivity index (χ1n) is 5.47. The second kappa shape index (κ2) is 6.68. The maximum absolute atomic E-state index is 11.8. The Bertz CT molecular complexity index is 427. The Kier molecular flexibility index (Phi) is 6.25. The molecule has 0 heterocycles. The van der Waals surface area contributed by atoms with Gasteiger partial charge in [-0.05, 0) is 12.8 Å². The number of nitrogens with one attached hydrogen (secondary N) is 1. The van der Waals surface area contributed by atoms with Crippen molar-refractivity contribution in [1.82, 2.24) is 9.03 Å². The number of aliphatic carboxylic acids is 1. The molecule has 18 heavy (non-hydrogen) atoms. The summed E-state index contributed by atoms with van der Waals surface area (Å²) in [6.07, 6.45) is 0. The molecule has 0 bridgehead atoms. The van der Waals surface area contributed by atoms with Crippen LogP contribution in [-0.2, 0) is 15.0 Å². The Morgan fingerprint density at radius 1 is 1.44 bits per heavy atom.